The van der Waals surface area contributed by atoms with Gasteiger partial charge >= 0.3 is 0 Å². The van der Waals surface area contributed by atoms with Gasteiger partial charge in [0.1, 0.15) is 0 Å². The van der Waals surface area contributed by atoms with Crippen molar-refractivity contribution < 1.29 is 4.79 Å². The Bertz CT molecular complexity index is 981. The molecule has 3 aliphatic rings. The Morgan fingerprint density at radius 2 is 1.83 bits per heavy atom. The summed E-state index contributed by atoms with van der Waals surface area (Å²) in [7, 11) is 0. The van der Waals surface area contributed by atoms with E-state index in [-0.39, 0.29) is 17.9 Å². The molecule has 0 bridgehead atoms. The van der Waals surface area contributed by atoms with E-state index in [1.807, 2.05) is 29.2 Å². The van der Waals surface area contributed by atoms with E-state index in [2.05, 4.69) is 29.6 Å². The zero-order valence-corrected chi connectivity index (χ0v) is 17.7. The molecule has 0 aromatic heterocycles. The van der Waals surface area contributed by atoms with Crippen LogP contribution in [0.2, 0.25) is 10.0 Å². The Labute approximate surface area is 181 Å². The second-order valence-corrected chi connectivity index (χ2v) is 9.14. The number of nitrogens with one attached hydrogen (secondary N) is 1. The monoisotopic (exact) mass is 426 g/mol. The fourth-order valence-electron chi connectivity index (χ4n) is 5.07. The number of halogens is 2. The molecule has 3 atom stereocenters. The molecule has 150 valence electrons. The van der Waals surface area contributed by atoms with Crippen molar-refractivity contribution >= 4 is 34.8 Å². The van der Waals surface area contributed by atoms with Gasteiger partial charge in [0.2, 0.25) is 0 Å². The third kappa shape index (κ3) is 3.45. The summed E-state index contributed by atoms with van der Waals surface area (Å²) in [4.78, 5) is 15.0. The molecule has 1 aliphatic carbocycles. The largest absolute Gasteiger partial charge is 0.378 e. The molecule has 0 spiro atoms. The lowest BCUT2D eigenvalue weighted by molar-refractivity contribution is 0.0724. The normalized spacial score (nSPS) is 25.3. The number of hydrogen-bond acceptors (Lipinski definition) is 2. The Morgan fingerprint density at radius 1 is 1.00 bits per heavy atom. The number of rotatable bonds is 2. The zero-order chi connectivity index (χ0) is 20.0. The molecule has 0 saturated carbocycles. The molecule has 2 heterocycles. The smallest absolute Gasteiger partial charge is 0.253 e. The van der Waals surface area contributed by atoms with Crippen LogP contribution in [0.25, 0.3) is 0 Å². The highest BCUT2D eigenvalue weighted by Crippen LogP contribution is 2.51. The van der Waals surface area contributed by atoms with Crippen molar-refractivity contribution in [3.63, 3.8) is 0 Å². The number of anilines is 1. The van der Waals surface area contributed by atoms with E-state index >= 15 is 0 Å². The number of fused-ring (bicyclic) bond motifs is 3. The second kappa shape index (κ2) is 7.70. The summed E-state index contributed by atoms with van der Waals surface area (Å²) in [5, 5.41) is 5.04. The lowest BCUT2D eigenvalue weighted by Crippen LogP contribution is -2.36. The van der Waals surface area contributed by atoms with Gasteiger partial charge in [-0.3, -0.25) is 4.79 Å². The molecule has 0 unspecified atom stereocenters. The number of amides is 1. The highest BCUT2D eigenvalue weighted by molar-refractivity contribution is 6.35. The van der Waals surface area contributed by atoms with Crippen LogP contribution in [0.5, 0.6) is 0 Å². The SMILES string of the molecule is O=C(c1ccc2c(c1)[C@H]1C=CC[C@@H]1[C@H](c1ccc(Cl)cc1Cl)N2)N1CCCCC1. The number of likely N-dealkylation sites (tertiary alicyclic amines) is 1. The van der Waals surface area contributed by atoms with Gasteiger partial charge in [-0.1, -0.05) is 41.4 Å². The molecule has 1 fully saturated rings. The van der Waals surface area contributed by atoms with Gasteiger partial charge in [-0.15, -0.1) is 0 Å². The minimum Gasteiger partial charge on any atom is -0.378 e. The summed E-state index contributed by atoms with van der Waals surface area (Å²) in [6.07, 6.45) is 8.97. The van der Waals surface area contributed by atoms with E-state index in [1.165, 1.54) is 12.0 Å². The van der Waals surface area contributed by atoms with Gasteiger partial charge in [-0.05, 0) is 73.1 Å². The Hall–Kier alpha value is -1.97. The van der Waals surface area contributed by atoms with E-state index in [9.17, 15) is 4.79 Å². The lowest BCUT2D eigenvalue weighted by Gasteiger charge is -2.38. The molecular formula is C24H24Cl2N2O. The highest BCUT2D eigenvalue weighted by atomic mass is 35.5. The molecule has 2 aromatic rings. The summed E-state index contributed by atoms with van der Waals surface area (Å²) in [5.41, 5.74) is 4.18. The molecule has 5 rings (SSSR count). The van der Waals surface area contributed by atoms with Crippen molar-refractivity contribution in [1.82, 2.24) is 4.90 Å². The van der Waals surface area contributed by atoms with Gasteiger partial charge in [0.25, 0.3) is 5.91 Å². The van der Waals surface area contributed by atoms with Crippen LogP contribution in [0.4, 0.5) is 5.69 Å². The first kappa shape index (κ1) is 19.0. The first-order valence-electron chi connectivity index (χ1n) is 10.4. The first-order chi connectivity index (χ1) is 14.1. The number of hydrogen-bond donors (Lipinski definition) is 1. The van der Waals surface area contributed by atoms with Crippen molar-refractivity contribution in [3.8, 4) is 0 Å². The number of piperidine rings is 1. The van der Waals surface area contributed by atoms with Gasteiger partial charge in [0.15, 0.2) is 0 Å². The third-order valence-electron chi connectivity index (χ3n) is 6.55. The summed E-state index contributed by atoms with van der Waals surface area (Å²) < 4.78 is 0. The minimum atomic E-state index is 0.121. The van der Waals surface area contributed by atoms with Crippen molar-refractivity contribution in [3.05, 3.63) is 75.3 Å². The van der Waals surface area contributed by atoms with Gasteiger partial charge in [-0.2, -0.15) is 0 Å². The predicted octanol–water partition coefficient (Wildman–Crippen LogP) is 6.45. The number of benzene rings is 2. The molecule has 2 aliphatic heterocycles. The third-order valence-corrected chi connectivity index (χ3v) is 7.11. The number of allylic oxidation sites excluding steroid dienone is 2. The Balaban J connectivity index is 1.48. The number of nitrogens with zero attached hydrogens (tertiary/aromatic N) is 1. The summed E-state index contributed by atoms with van der Waals surface area (Å²) in [6.45, 7) is 1.74. The first-order valence-corrected chi connectivity index (χ1v) is 11.2. The van der Waals surface area contributed by atoms with Crippen molar-refractivity contribution in [2.45, 2.75) is 37.6 Å². The van der Waals surface area contributed by atoms with Gasteiger partial charge in [0, 0.05) is 40.3 Å². The van der Waals surface area contributed by atoms with Crippen LogP contribution < -0.4 is 5.32 Å². The topological polar surface area (TPSA) is 32.3 Å². The molecule has 1 N–H and O–H groups in total. The molecule has 1 amide bonds. The molecule has 0 radical (unpaired) electrons. The molecular weight excluding hydrogens is 403 g/mol. The van der Waals surface area contributed by atoms with Crippen LogP contribution in [-0.2, 0) is 0 Å². The number of carbonyl (C=O) groups excluding carboxylic acids is 1. The summed E-state index contributed by atoms with van der Waals surface area (Å²) in [5.74, 6) is 0.826. The van der Waals surface area contributed by atoms with Crippen LogP contribution in [0, 0.1) is 5.92 Å². The van der Waals surface area contributed by atoms with E-state index in [0.717, 1.165) is 49.2 Å². The van der Waals surface area contributed by atoms with Gasteiger partial charge in [-0.25, -0.2) is 0 Å². The van der Waals surface area contributed by atoms with E-state index in [4.69, 9.17) is 23.2 Å². The van der Waals surface area contributed by atoms with Crippen LogP contribution in [0.15, 0.2) is 48.6 Å². The fourth-order valence-corrected chi connectivity index (χ4v) is 5.59. The summed E-state index contributed by atoms with van der Waals surface area (Å²) >= 11 is 12.6. The molecule has 3 nitrogen and oxygen atoms in total. The number of carbonyl (C=O) groups is 1. The van der Waals surface area contributed by atoms with Crippen LogP contribution >= 0.6 is 23.2 Å². The quantitative estimate of drug-likeness (QED) is 0.559. The van der Waals surface area contributed by atoms with Crippen LogP contribution in [0.1, 0.15) is 59.1 Å². The molecule has 2 aromatic carbocycles. The molecule has 29 heavy (non-hydrogen) atoms. The van der Waals surface area contributed by atoms with Gasteiger partial charge < -0.3 is 10.2 Å². The Kier molecular flexibility index (Phi) is 5.05. The Morgan fingerprint density at radius 3 is 2.62 bits per heavy atom. The maximum Gasteiger partial charge on any atom is 0.253 e. The van der Waals surface area contributed by atoms with Crippen LogP contribution in [-0.4, -0.2) is 23.9 Å². The average Bonchev–Trinajstić information content (AvgIpc) is 3.23. The maximum atomic E-state index is 13.0. The molecule has 5 heteroatoms. The van der Waals surface area contributed by atoms with E-state index in [1.54, 1.807) is 0 Å². The van der Waals surface area contributed by atoms with Crippen molar-refractivity contribution in [2.24, 2.45) is 5.92 Å². The average molecular weight is 427 g/mol. The second-order valence-electron chi connectivity index (χ2n) is 8.30. The summed E-state index contributed by atoms with van der Waals surface area (Å²) in [6, 6.07) is 12.0. The van der Waals surface area contributed by atoms with E-state index in [0.29, 0.717) is 16.0 Å². The van der Waals surface area contributed by atoms with Crippen molar-refractivity contribution in [2.75, 3.05) is 18.4 Å². The highest BCUT2D eigenvalue weighted by Gasteiger charge is 2.39. The fraction of sp³-hybridized carbons (Fsp3) is 0.375. The molecule has 1 saturated heterocycles. The minimum absolute atomic E-state index is 0.121. The predicted molar refractivity (Wildman–Crippen MR) is 119 cm³/mol. The maximum absolute atomic E-state index is 13.0. The van der Waals surface area contributed by atoms with Crippen LogP contribution in [0.3, 0.4) is 0 Å². The zero-order valence-electron chi connectivity index (χ0n) is 16.2. The standard InChI is InChI=1S/C24H24Cl2N2O/c25-16-8-9-19(21(26)14-16)23-18-6-4-5-17(18)20-13-15(7-10-22(20)27-23)24(29)28-11-2-1-3-12-28/h4-5,7-10,13-14,17-18,23,27H,1-3,6,11-12H2/t17-,18-,23+/m0/s1. The van der Waals surface area contributed by atoms with Crippen molar-refractivity contribution in [1.29, 1.82) is 0 Å². The lowest BCUT2D eigenvalue weighted by atomic mass is 9.76. The van der Waals surface area contributed by atoms with E-state index < -0.39 is 0 Å². The van der Waals surface area contributed by atoms with Gasteiger partial charge in [0.05, 0.1) is 6.04 Å².